The summed E-state index contributed by atoms with van der Waals surface area (Å²) in [6, 6.07) is 4.19. The molecule has 3 fully saturated rings. The Balaban J connectivity index is 1.78. The molecule has 1 aromatic heterocycles. The summed E-state index contributed by atoms with van der Waals surface area (Å²) in [4.78, 5) is 2.71. The molecule has 0 amide bonds. The lowest BCUT2D eigenvalue weighted by Gasteiger charge is -2.41. The number of piperidine rings is 1. The number of aromatic nitrogens is 2. The second-order valence-corrected chi connectivity index (χ2v) is 5.65. The van der Waals surface area contributed by atoms with Gasteiger partial charge < -0.3 is 5.32 Å². The first-order valence-electron chi connectivity index (χ1n) is 6.63. The number of rotatable bonds is 1. The number of hydrogen-bond acceptors (Lipinski definition) is 4. The van der Waals surface area contributed by atoms with E-state index in [1.165, 1.54) is 31.6 Å². The SMILES string of the molecule is c1cnnc(C2C3CC[N@](C3)C23CCNC3)c1. The number of nitrogens with zero attached hydrogens (tertiary/aromatic N) is 3. The minimum Gasteiger partial charge on any atom is -0.315 e. The molecule has 1 aromatic rings. The van der Waals surface area contributed by atoms with Crippen molar-refractivity contribution < 1.29 is 0 Å². The van der Waals surface area contributed by atoms with Crippen LogP contribution in [0, 0.1) is 5.92 Å². The van der Waals surface area contributed by atoms with Crippen molar-refractivity contribution in [1.82, 2.24) is 20.4 Å². The topological polar surface area (TPSA) is 41.1 Å². The molecule has 4 heteroatoms. The summed E-state index contributed by atoms with van der Waals surface area (Å²) in [5, 5.41) is 12.0. The quantitative estimate of drug-likeness (QED) is 0.768. The molecule has 4 rings (SSSR count). The Bertz CT molecular complexity index is 413. The molecule has 2 bridgehead atoms. The second kappa shape index (κ2) is 3.50. The maximum absolute atomic E-state index is 4.39. The van der Waals surface area contributed by atoms with E-state index in [4.69, 9.17) is 0 Å². The van der Waals surface area contributed by atoms with Crippen LogP contribution in [-0.4, -0.2) is 46.8 Å². The molecule has 4 nitrogen and oxygen atoms in total. The first-order valence-corrected chi connectivity index (χ1v) is 6.63. The first-order chi connectivity index (χ1) is 8.40. The Morgan fingerprint density at radius 1 is 1.47 bits per heavy atom. The maximum atomic E-state index is 4.39. The standard InChI is InChI=1S/C13H18N4/c1-2-11(16-15-5-1)12-10-3-7-17(8-10)13(12)4-6-14-9-13/h1-2,5,10,12,14H,3-4,6-9H2. The average molecular weight is 230 g/mol. The van der Waals surface area contributed by atoms with E-state index in [1.807, 2.05) is 6.07 Å². The monoisotopic (exact) mass is 230 g/mol. The maximum Gasteiger partial charge on any atom is 0.0684 e. The van der Waals surface area contributed by atoms with E-state index in [0.29, 0.717) is 11.5 Å². The van der Waals surface area contributed by atoms with Gasteiger partial charge in [0.25, 0.3) is 0 Å². The minimum absolute atomic E-state index is 0.346. The molecule has 0 saturated carbocycles. The molecule has 0 aromatic carbocycles. The van der Waals surface area contributed by atoms with Crippen LogP contribution < -0.4 is 5.32 Å². The predicted octanol–water partition coefficient (Wildman–Crippen LogP) is 0.628. The third kappa shape index (κ3) is 1.25. The van der Waals surface area contributed by atoms with Gasteiger partial charge in [0.2, 0.25) is 0 Å². The van der Waals surface area contributed by atoms with Crippen molar-refractivity contribution in [2.45, 2.75) is 24.3 Å². The molecular formula is C13H18N4. The summed E-state index contributed by atoms with van der Waals surface area (Å²) in [6.45, 7) is 4.83. The summed E-state index contributed by atoms with van der Waals surface area (Å²) >= 11 is 0. The molecule has 0 aliphatic carbocycles. The van der Waals surface area contributed by atoms with Crippen molar-refractivity contribution in [2.24, 2.45) is 5.92 Å². The van der Waals surface area contributed by atoms with E-state index >= 15 is 0 Å². The fourth-order valence-corrected chi connectivity index (χ4v) is 4.33. The van der Waals surface area contributed by atoms with Gasteiger partial charge in [-0.2, -0.15) is 10.2 Å². The van der Waals surface area contributed by atoms with E-state index in [9.17, 15) is 0 Å². The fourth-order valence-electron chi connectivity index (χ4n) is 4.33. The van der Waals surface area contributed by atoms with Gasteiger partial charge in [-0.25, -0.2) is 0 Å². The zero-order valence-corrected chi connectivity index (χ0v) is 9.97. The van der Waals surface area contributed by atoms with Crippen molar-refractivity contribution in [2.75, 3.05) is 26.2 Å². The van der Waals surface area contributed by atoms with E-state index in [2.05, 4.69) is 26.5 Å². The van der Waals surface area contributed by atoms with E-state index in [0.717, 1.165) is 19.0 Å². The van der Waals surface area contributed by atoms with Gasteiger partial charge in [0.15, 0.2) is 0 Å². The van der Waals surface area contributed by atoms with Crippen molar-refractivity contribution in [3.05, 3.63) is 24.0 Å². The van der Waals surface area contributed by atoms with Crippen LogP contribution in [0.4, 0.5) is 0 Å². The molecule has 3 saturated heterocycles. The summed E-state index contributed by atoms with van der Waals surface area (Å²) in [5.41, 5.74) is 1.56. The molecule has 17 heavy (non-hydrogen) atoms. The van der Waals surface area contributed by atoms with Gasteiger partial charge in [0, 0.05) is 30.7 Å². The Morgan fingerprint density at radius 2 is 2.47 bits per heavy atom. The minimum atomic E-state index is 0.346. The highest BCUT2D eigenvalue weighted by Crippen LogP contribution is 2.53. The average Bonchev–Trinajstić information content (AvgIpc) is 3.06. The van der Waals surface area contributed by atoms with Gasteiger partial charge in [0.1, 0.15) is 0 Å². The van der Waals surface area contributed by atoms with Crippen molar-refractivity contribution in [3.63, 3.8) is 0 Å². The Morgan fingerprint density at radius 3 is 3.24 bits per heavy atom. The lowest BCUT2D eigenvalue weighted by atomic mass is 9.74. The highest BCUT2D eigenvalue weighted by atomic mass is 15.3. The molecule has 1 N–H and O–H groups in total. The number of fused-ring (bicyclic) bond motifs is 3. The predicted molar refractivity (Wildman–Crippen MR) is 64.7 cm³/mol. The summed E-state index contributed by atoms with van der Waals surface area (Å²) in [7, 11) is 0. The Hall–Kier alpha value is -1.00. The lowest BCUT2D eigenvalue weighted by molar-refractivity contribution is 0.128. The van der Waals surface area contributed by atoms with Gasteiger partial charge in [-0.15, -0.1) is 0 Å². The summed E-state index contributed by atoms with van der Waals surface area (Å²) < 4.78 is 0. The number of hydrogen-bond donors (Lipinski definition) is 1. The second-order valence-electron chi connectivity index (χ2n) is 5.65. The molecule has 1 spiro atoms. The zero-order valence-electron chi connectivity index (χ0n) is 9.97. The summed E-state index contributed by atoms with van der Waals surface area (Å²) in [6.07, 6.45) is 4.38. The molecule has 90 valence electrons. The molecule has 4 atom stereocenters. The van der Waals surface area contributed by atoms with Crippen LogP contribution in [0.15, 0.2) is 18.3 Å². The van der Waals surface area contributed by atoms with Crippen LogP contribution in [0.3, 0.4) is 0 Å². The molecule has 3 unspecified atom stereocenters. The fraction of sp³-hybridized carbons (Fsp3) is 0.692. The van der Waals surface area contributed by atoms with Crippen LogP contribution in [0.2, 0.25) is 0 Å². The lowest BCUT2D eigenvalue weighted by Crippen LogP contribution is -2.51. The molecule has 0 radical (unpaired) electrons. The van der Waals surface area contributed by atoms with Crippen molar-refractivity contribution in [3.8, 4) is 0 Å². The Labute approximate surface area is 101 Å². The van der Waals surface area contributed by atoms with Gasteiger partial charge in [0.05, 0.1) is 5.69 Å². The third-order valence-electron chi connectivity index (χ3n) is 4.98. The van der Waals surface area contributed by atoms with Crippen molar-refractivity contribution in [1.29, 1.82) is 0 Å². The van der Waals surface area contributed by atoms with E-state index in [-0.39, 0.29) is 0 Å². The van der Waals surface area contributed by atoms with Gasteiger partial charge in [-0.1, -0.05) is 0 Å². The van der Waals surface area contributed by atoms with Crippen molar-refractivity contribution >= 4 is 0 Å². The van der Waals surface area contributed by atoms with E-state index in [1.54, 1.807) is 6.20 Å². The van der Waals surface area contributed by atoms with E-state index < -0.39 is 0 Å². The largest absolute Gasteiger partial charge is 0.315 e. The molecule has 4 heterocycles. The van der Waals surface area contributed by atoms with Crippen LogP contribution in [-0.2, 0) is 0 Å². The molecule has 3 aliphatic rings. The zero-order chi connectivity index (χ0) is 11.3. The van der Waals surface area contributed by atoms with Crippen LogP contribution in [0.1, 0.15) is 24.5 Å². The molecule has 3 aliphatic heterocycles. The highest BCUT2D eigenvalue weighted by molar-refractivity contribution is 5.25. The Kier molecular flexibility index (Phi) is 2.05. The van der Waals surface area contributed by atoms with Gasteiger partial charge in [-0.3, -0.25) is 4.90 Å². The smallest absolute Gasteiger partial charge is 0.0684 e. The first kappa shape index (κ1) is 9.97. The summed E-state index contributed by atoms with van der Waals surface area (Å²) in [5.74, 6) is 1.39. The van der Waals surface area contributed by atoms with Gasteiger partial charge >= 0.3 is 0 Å². The third-order valence-corrected chi connectivity index (χ3v) is 4.98. The highest BCUT2D eigenvalue weighted by Gasteiger charge is 2.58. The van der Waals surface area contributed by atoms with Crippen LogP contribution in [0.25, 0.3) is 0 Å². The van der Waals surface area contributed by atoms with Crippen LogP contribution >= 0.6 is 0 Å². The van der Waals surface area contributed by atoms with Gasteiger partial charge in [-0.05, 0) is 44.0 Å². The molecular weight excluding hydrogens is 212 g/mol. The normalized spacial score (nSPS) is 43.6. The van der Waals surface area contributed by atoms with Crippen LogP contribution in [0.5, 0.6) is 0 Å². The number of nitrogens with one attached hydrogen (secondary N) is 1.